The Balaban J connectivity index is 2.69. The van der Waals surface area contributed by atoms with Crippen molar-refractivity contribution in [2.75, 3.05) is 24.4 Å². The van der Waals surface area contributed by atoms with Crippen molar-refractivity contribution in [1.29, 1.82) is 0 Å². The van der Waals surface area contributed by atoms with Crippen molar-refractivity contribution >= 4 is 42.9 Å². The molecule has 1 amide bonds. The number of hydrogen-bond donors (Lipinski definition) is 0. The SMILES string of the molecule is COC1=C(OC)C(=S(=O)=O)C(N(C(=O)OC(C)(C)C)c2cccc(C#CCBr)c2)C=C1. The van der Waals surface area contributed by atoms with Gasteiger partial charge in [-0.25, -0.2) is 4.79 Å². The Hall–Kier alpha value is -2.70. The van der Waals surface area contributed by atoms with Crippen LogP contribution < -0.4 is 4.90 Å². The molecule has 2 rings (SSSR count). The third-order valence-electron chi connectivity index (χ3n) is 4.04. The fraction of sp³-hybridized carbons (Fsp3) is 0.364. The number of amides is 1. The van der Waals surface area contributed by atoms with E-state index in [1.165, 1.54) is 19.1 Å². The minimum absolute atomic E-state index is 0.0205. The maximum atomic E-state index is 13.2. The minimum atomic E-state index is -2.71. The van der Waals surface area contributed by atoms with Gasteiger partial charge in [0.25, 0.3) is 0 Å². The summed E-state index contributed by atoms with van der Waals surface area (Å²) in [4.78, 5) is 14.3. The van der Waals surface area contributed by atoms with Gasteiger partial charge in [0.2, 0.25) is 10.3 Å². The quantitative estimate of drug-likeness (QED) is 0.349. The molecule has 1 aliphatic carbocycles. The molecule has 1 aromatic rings. The molecule has 7 nitrogen and oxygen atoms in total. The second-order valence-electron chi connectivity index (χ2n) is 7.34. The van der Waals surface area contributed by atoms with Crippen molar-refractivity contribution in [3.63, 3.8) is 0 Å². The first-order valence-electron chi connectivity index (χ1n) is 9.27. The molecule has 0 spiro atoms. The number of hydrogen-bond acceptors (Lipinski definition) is 6. The fourth-order valence-electron chi connectivity index (χ4n) is 2.90. The number of rotatable bonds is 4. The van der Waals surface area contributed by atoms with Crippen LogP contribution in [-0.4, -0.2) is 50.6 Å². The molecule has 0 N–H and O–H groups in total. The standard InChI is InChI=1S/C22H24BrNO6S/c1-22(2,3)30-21(25)24(16-10-6-8-15(14-16)9-7-13-23)17-11-12-18(28-4)19(29-5)20(17)31(26)27/h6,8,10-12,14,17H,13H2,1-5H3. The number of benzene rings is 1. The summed E-state index contributed by atoms with van der Waals surface area (Å²) in [6.45, 7) is 5.20. The maximum Gasteiger partial charge on any atom is 0.415 e. The van der Waals surface area contributed by atoms with E-state index in [4.69, 9.17) is 14.2 Å². The van der Waals surface area contributed by atoms with Crippen LogP contribution in [0.2, 0.25) is 0 Å². The van der Waals surface area contributed by atoms with E-state index in [1.54, 1.807) is 57.2 Å². The van der Waals surface area contributed by atoms with Crippen molar-refractivity contribution in [3.05, 3.63) is 53.5 Å². The van der Waals surface area contributed by atoms with Gasteiger partial charge in [0, 0.05) is 11.3 Å². The van der Waals surface area contributed by atoms with Gasteiger partial charge in [-0.1, -0.05) is 39.9 Å². The lowest BCUT2D eigenvalue weighted by atomic mass is 10.0. The molecule has 1 aromatic carbocycles. The number of methoxy groups -OCH3 is 2. The Morgan fingerprint density at radius 2 is 1.94 bits per heavy atom. The summed E-state index contributed by atoms with van der Waals surface area (Å²) < 4.78 is 40.5. The first kappa shape index (κ1) is 24.6. The first-order chi connectivity index (χ1) is 14.6. The van der Waals surface area contributed by atoms with Gasteiger partial charge in [-0.2, -0.15) is 8.42 Å². The van der Waals surface area contributed by atoms with Crippen molar-refractivity contribution in [2.45, 2.75) is 32.4 Å². The zero-order chi connectivity index (χ0) is 23.2. The van der Waals surface area contributed by atoms with E-state index >= 15 is 0 Å². The monoisotopic (exact) mass is 509 g/mol. The maximum absolute atomic E-state index is 13.2. The number of ether oxygens (including phenoxy) is 3. The van der Waals surface area contributed by atoms with Crippen LogP contribution in [-0.2, 0) is 24.5 Å². The van der Waals surface area contributed by atoms with Gasteiger partial charge in [0.1, 0.15) is 16.5 Å². The normalized spacial score (nSPS) is 15.7. The predicted octanol–water partition coefficient (Wildman–Crippen LogP) is 3.67. The van der Waals surface area contributed by atoms with E-state index in [9.17, 15) is 13.2 Å². The third kappa shape index (κ3) is 6.15. The average Bonchev–Trinajstić information content (AvgIpc) is 2.70. The molecule has 1 unspecified atom stereocenters. The summed E-state index contributed by atoms with van der Waals surface area (Å²) in [7, 11) is 0.0342. The van der Waals surface area contributed by atoms with Crippen LogP contribution in [0.3, 0.4) is 0 Å². The molecule has 0 aromatic heterocycles. The van der Waals surface area contributed by atoms with Crippen molar-refractivity contribution < 1.29 is 27.4 Å². The summed E-state index contributed by atoms with van der Waals surface area (Å²) >= 11 is 3.25. The Kier molecular flexibility index (Phi) is 8.36. The Morgan fingerprint density at radius 1 is 1.23 bits per heavy atom. The third-order valence-corrected chi connectivity index (χ3v) is 5.11. The highest BCUT2D eigenvalue weighted by Gasteiger charge is 2.37. The van der Waals surface area contributed by atoms with Crippen LogP contribution in [0, 0.1) is 11.8 Å². The van der Waals surface area contributed by atoms with Crippen LogP contribution in [0.25, 0.3) is 0 Å². The second-order valence-corrected chi connectivity index (χ2v) is 8.81. The zero-order valence-electron chi connectivity index (χ0n) is 17.9. The first-order valence-corrected chi connectivity index (χ1v) is 11.5. The van der Waals surface area contributed by atoms with Gasteiger partial charge in [-0.3, -0.25) is 4.90 Å². The number of carbonyl (C=O) groups excluding carboxylic acids is 1. The van der Waals surface area contributed by atoms with Crippen LogP contribution in [0.4, 0.5) is 10.5 Å². The Labute approximate surface area is 192 Å². The molecule has 9 heteroatoms. The Bertz CT molecular complexity index is 1090. The summed E-state index contributed by atoms with van der Waals surface area (Å²) in [5.41, 5.74) is 0.287. The van der Waals surface area contributed by atoms with E-state index in [0.29, 0.717) is 16.6 Å². The minimum Gasteiger partial charge on any atom is -0.493 e. The number of alkyl halides is 1. The molecule has 0 radical (unpaired) electrons. The number of nitrogens with zero attached hydrogens (tertiary/aromatic N) is 1. The Morgan fingerprint density at radius 3 is 2.48 bits per heavy atom. The second kappa shape index (κ2) is 10.6. The summed E-state index contributed by atoms with van der Waals surface area (Å²) in [5, 5.41) is 0.493. The fourth-order valence-corrected chi connectivity index (χ4v) is 3.75. The van der Waals surface area contributed by atoms with Crippen LogP contribution in [0.1, 0.15) is 26.3 Å². The van der Waals surface area contributed by atoms with Gasteiger partial charge in [0.05, 0.1) is 19.5 Å². The average molecular weight is 510 g/mol. The van der Waals surface area contributed by atoms with Gasteiger partial charge >= 0.3 is 6.09 Å². The molecule has 0 fully saturated rings. The lowest BCUT2D eigenvalue weighted by Gasteiger charge is -2.34. The largest absolute Gasteiger partial charge is 0.493 e. The van der Waals surface area contributed by atoms with E-state index < -0.39 is 28.0 Å². The predicted molar refractivity (Wildman–Crippen MR) is 124 cm³/mol. The molecule has 0 saturated heterocycles. The van der Waals surface area contributed by atoms with Crippen molar-refractivity contribution in [3.8, 4) is 11.8 Å². The van der Waals surface area contributed by atoms with Crippen LogP contribution in [0.15, 0.2) is 47.9 Å². The van der Waals surface area contributed by atoms with E-state index in [-0.39, 0.29) is 16.4 Å². The van der Waals surface area contributed by atoms with Gasteiger partial charge in [-0.05, 0) is 45.0 Å². The van der Waals surface area contributed by atoms with E-state index in [1.807, 2.05) is 0 Å². The molecular formula is C22H24BrNO6S. The highest BCUT2D eigenvalue weighted by molar-refractivity contribution is 9.09. The van der Waals surface area contributed by atoms with Gasteiger partial charge in [-0.15, -0.1) is 0 Å². The summed E-state index contributed by atoms with van der Waals surface area (Å²) in [6.07, 6.45) is 2.39. The van der Waals surface area contributed by atoms with Crippen LogP contribution in [0.5, 0.6) is 0 Å². The molecule has 166 valence electrons. The van der Waals surface area contributed by atoms with E-state index in [2.05, 4.69) is 27.8 Å². The lowest BCUT2D eigenvalue weighted by molar-refractivity contribution is 0.0578. The number of anilines is 1. The topological polar surface area (TPSA) is 82.1 Å². The van der Waals surface area contributed by atoms with Crippen molar-refractivity contribution in [1.82, 2.24) is 0 Å². The molecule has 1 aliphatic rings. The van der Waals surface area contributed by atoms with Crippen molar-refractivity contribution in [2.24, 2.45) is 0 Å². The van der Waals surface area contributed by atoms with Gasteiger partial charge < -0.3 is 14.2 Å². The smallest absolute Gasteiger partial charge is 0.415 e. The number of carbonyl (C=O) groups is 1. The lowest BCUT2D eigenvalue weighted by Crippen LogP contribution is -2.48. The summed E-state index contributed by atoms with van der Waals surface area (Å²) in [6, 6.07) is 5.90. The number of allylic oxidation sites excluding steroid dienone is 1. The highest BCUT2D eigenvalue weighted by Crippen LogP contribution is 2.28. The highest BCUT2D eigenvalue weighted by atomic mass is 79.9. The summed E-state index contributed by atoms with van der Waals surface area (Å²) in [5.74, 6) is 6.13. The molecule has 0 bridgehead atoms. The van der Waals surface area contributed by atoms with E-state index in [0.717, 1.165) is 0 Å². The molecule has 31 heavy (non-hydrogen) atoms. The van der Waals surface area contributed by atoms with Gasteiger partial charge in [0.15, 0.2) is 11.5 Å². The zero-order valence-corrected chi connectivity index (χ0v) is 20.3. The molecular weight excluding hydrogens is 486 g/mol. The molecule has 0 saturated carbocycles. The molecule has 0 heterocycles. The molecule has 1 atom stereocenters. The number of halogens is 1. The van der Waals surface area contributed by atoms with Crippen LogP contribution >= 0.6 is 15.9 Å². The molecule has 0 aliphatic heterocycles.